The van der Waals surface area contributed by atoms with Gasteiger partial charge in [-0.1, -0.05) is 60.7 Å². The molecule has 0 spiro atoms. The minimum atomic E-state index is -0.474. The van der Waals surface area contributed by atoms with Crippen LogP contribution in [0.25, 0.3) is 0 Å². The fourth-order valence-electron chi connectivity index (χ4n) is 3.29. The summed E-state index contributed by atoms with van der Waals surface area (Å²) in [4.78, 5) is 26.0. The SMILES string of the molecule is O=C(NCCCC(=O)N1CCOC(COCc2ccccc2)C1)OCc1ccccc1. The van der Waals surface area contributed by atoms with Crippen LogP contribution in [0.1, 0.15) is 24.0 Å². The number of amides is 2. The number of benzene rings is 2. The molecule has 2 aromatic carbocycles. The van der Waals surface area contributed by atoms with Crippen LogP contribution in [0, 0.1) is 0 Å². The van der Waals surface area contributed by atoms with Gasteiger partial charge in [0.2, 0.25) is 5.91 Å². The van der Waals surface area contributed by atoms with Crippen molar-refractivity contribution in [3.05, 3.63) is 71.8 Å². The van der Waals surface area contributed by atoms with Crippen molar-refractivity contribution >= 4 is 12.0 Å². The third-order valence-electron chi connectivity index (χ3n) is 4.96. The molecule has 1 aliphatic heterocycles. The molecule has 1 saturated heterocycles. The van der Waals surface area contributed by atoms with Crippen molar-refractivity contribution < 1.29 is 23.8 Å². The van der Waals surface area contributed by atoms with Gasteiger partial charge in [-0.05, 0) is 17.5 Å². The summed E-state index contributed by atoms with van der Waals surface area (Å²) in [6.07, 6.45) is 0.341. The molecule has 1 N–H and O–H groups in total. The van der Waals surface area contributed by atoms with Crippen molar-refractivity contribution in [2.75, 3.05) is 32.8 Å². The molecular formula is C24H30N2O5. The van der Waals surface area contributed by atoms with Crippen molar-refractivity contribution in [3.8, 4) is 0 Å². The van der Waals surface area contributed by atoms with Crippen LogP contribution < -0.4 is 5.32 Å². The van der Waals surface area contributed by atoms with Crippen LogP contribution in [-0.4, -0.2) is 55.9 Å². The fraction of sp³-hybridized carbons (Fsp3) is 0.417. The first-order valence-electron chi connectivity index (χ1n) is 10.7. The van der Waals surface area contributed by atoms with Gasteiger partial charge in [-0.15, -0.1) is 0 Å². The molecule has 0 saturated carbocycles. The van der Waals surface area contributed by atoms with E-state index >= 15 is 0 Å². The van der Waals surface area contributed by atoms with Crippen molar-refractivity contribution in [3.63, 3.8) is 0 Å². The molecule has 166 valence electrons. The Kier molecular flexibility index (Phi) is 9.34. The highest BCUT2D eigenvalue weighted by atomic mass is 16.5. The molecule has 0 aromatic heterocycles. The quantitative estimate of drug-likeness (QED) is 0.591. The van der Waals surface area contributed by atoms with Crippen LogP contribution in [0.4, 0.5) is 4.79 Å². The second-order valence-corrected chi connectivity index (χ2v) is 7.43. The molecule has 0 bridgehead atoms. The molecular weight excluding hydrogens is 396 g/mol. The maximum Gasteiger partial charge on any atom is 0.407 e. The molecule has 1 atom stereocenters. The first-order valence-corrected chi connectivity index (χ1v) is 10.7. The van der Waals surface area contributed by atoms with E-state index in [9.17, 15) is 9.59 Å². The lowest BCUT2D eigenvalue weighted by atomic mass is 10.2. The van der Waals surface area contributed by atoms with Gasteiger partial charge in [0.15, 0.2) is 0 Å². The molecule has 1 unspecified atom stereocenters. The van der Waals surface area contributed by atoms with Crippen LogP contribution in [0.3, 0.4) is 0 Å². The normalized spacial score (nSPS) is 16.0. The maximum absolute atomic E-state index is 12.5. The minimum Gasteiger partial charge on any atom is -0.445 e. The molecule has 1 aliphatic rings. The molecule has 2 aromatic rings. The largest absolute Gasteiger partial charge is 0.445 e. The summed E-state index contributed by atoms with van der Waals surface area (Å²) in [5, 5.41) is 2.69. The Bertz CT molecular complexity index is 800. The average Bonchev–Trinajstić information content (AvgIpc) is 2.82. The van der Waals surface area contributed by atoms with E-state index in [2.05, 4.69) is 5.32 Å². The van der Waals surface area contributed by atoms with E-state index in [1.165, 1.54) is 0 Å². The second kappa shape index (κ2) is 12.7. The van der Waals surface area contributed by atoms with E-state index in [-0.39, 0.29) is 18.6 Å². The topological polar surface area (TPSA) is 77.1 Å². The zero-order chi connectivity index (χ0) is 21.7. The molecule has 0 aliphatic carbocycles. The fourth-order valence-corrected chi connectivity index (χ4v) is 3.29. The third-order valence-corrected chi connectivity index (χ3v) is 4.96. The van der Waals surface area contributed by atoms with Crippen molar-refractivity contribution in [1.29, 1.82) is 0 Å². The summed E-state index contributed by atoms with van der Waals surface area (Å²) < 4.78 is 16.6. The average molecular weight is 427 g/mol. The summed E-state index contributed by atoms with van der Waals surface area (Å²) in [5.41, 5.74) is 2.04. The van der Waals surface area contributed by atoms with Gasteiger partial charge in [0.1, 0.15) is 6.61 Å². The van der Waals surface area contributed by atoms with Gasteiger partial charge in [-0.2, -0.15) is 0 Å². The lowest BCUT2D eigenvalue weighted by Gasteiger charge is -2.33. The minimum absolute atomic E-state index is 0.0656. The van der Waals surface area contributed by atoms with Crippen LogP contribution >= 0.6 is 0 Å². The molecule has 7 heteroatoms. The highest BCUT2D eigenvalue weighted by molar-refractivity contribution is 5.76. The number of nitrogens with one attached hydrogen (secondary N) is 1. The van der Waals surface area contributed by atoms with E-state index in [1.54, 1.807) is 0 Å². The molecule has 0 radical (unpaired) electrons. The van der Waals surface area contributed by atoms with Gasteiger partial charge in [-0.3, -0.25) is 4.79 Å². The summed E-state index contributed by atoms with van der Waals surface area (Å²) in [7, 11) is 0. The lowest BCUT2D eigenvalue weighted by Crippen LogP contribution is -2.47. The van der Waals surface area contributed by atoms with E-state index in [0.29, 0.717) is 52.3 Å². The summed E-state index contributed by atoms with van der Waals surface area (Å²) in [5.74, 6) is 0.0656. The number of hydrogen-bond acceptors (Lipinski definition) is 5. The zero-order valence-corrected chi connectivity index (χ0v) is 17.7. The smallest absolute Gasteiger partial charge is 0.407 e. The van der Waals surface area contributed by atoms with Crippen LogP contribution in [0.15, 0.2) is 60.7 Å². The highest BCUT2D eigenvalue weighted by Gasteiger charge is 2.24. The van der Waals surface area contributed by atoms with Crippen LogP contribution in [-0.2, 0) is 32.2 Å². The molecule has 2 amide bonds. The van der Waals surface area contributed by atoms with Crippen molar-refractivity contribution in [1.82, 2.24) is 10.2 Å². The zero-order valence-electron chi connectivity index (χ0n) is 17.7. The second-order valence-electron chi connectivity index (χ2n) is 7.43. The number of hydrogen-bond donors (Lipinski definition) is 1. The van der Waals surface area contributed by atoms with Gasteiger partial charge in [0.25, 0.3) is 0 Å². The lowest BCUT2D eigenvalue weighted by molar-refractivity contribution is -0.141. The number of rotatable bonds is 10. The van der Waals surface area contributed by atoms with Crippen LogP contribution in [0.2, 0.25) is 0 Å². The Morgan fingerprint density at radius 2 is 1.68 bits per heavy atom. The first-order chi connectivity index (χ1) is 15.2. The predicted octanol–water partition coefficient (Wildman–Crippen LogP) is 3.14. The first kappa shape index (κ1) is 22.8. The molecule has 1 fully saturated rings. The maximum atomic E-state index is 12.5. The summed E-state index contributed by atoms with van der Waals surface area (Å²) >= 11 is 0. The van der Waals surface area contributed by atoms with Crippen LogP contribution in [0.5, 0.6) is 0 Å². The number of carbonyl (C=O) groups is 2. The number of morpholine rings is 1. The van der Waals surface area contributed by atoms with E-state index in [4.69, 9.17) is 14.2 Å². The van der Waals surface area contributed by atoms with Gasteiger partial charge >= 0.3 is 6.09 Å². The summed E-state index contributed by atoms with van der Waals surface area (Å²) in [6.45, 7) is 3.23. The summed E-state index contributed by atoms with van der Waals surface area (Å²) in [6, 6.07) is 19.5. The van der Waals surface area contributed by atoms with Crippen molar-refractivity contribution in [2.24, 2.45) is 0 Å². The molecule has 7 nitrogen and oxygen atoms in total. The van der Waals surface area contributed by atoms with E-state index in [0.717, 1.165) is 11.1 Å². The number of nitrogens with zero attached hydrogens (tertiary/aromatic N) is 1. The van der Waals surface area contributed by atoms with Gasteiger partial charge in [0, 0.05) is 26.1 Å². The van der Waals surface area contributed by atoms with Crippen molar-refractivity contribution in [2.45, 2.75) is 32.2 Å². The Balaban J connectivity index is 1.27. The Hall–Kier alpha value is -2.90. The van der Waals surface area contributed by atoms with Gasteiger partial charge in [-0.25, -0.2) is 4.79 Å². The van der Waals surface area contributed by atoms with E-state index in [1.807, 2.05) is 65.6 Å². The standard InChI is InChI=1S/C24H30N2O5/c27-23(12-7-13-25-24(28)31-18-21-10-5-2-6-11-21)26-14-15-30-22(16-26)19-29-17-20-8-3-1-4-9-20/h1-6,8-11,22H,7,12-19H2,(H,25,28). The predicted molar refractivity (Wildman–Crippen MR) is 116 cm³/mol. The van der Waals surface area contributed by atoms with E-state index < -0.39 is 6.09 Å². The Morgan fingerprint density at radius 1 is 1.00 bits per heavy atom. The number of alkyl carbamates (subject to hydrolysis) is 1. The van der Waals surface area contributed by atoms with Gasteiger partial charge < -0.3 is 24.4 Å². The molecule has 3 rings (SSSR count). The third kappa shape index (κ3) is 8.39. The molecule has 1 heterocycles. The van der Waals surface area contributed by atoms with Gasteiger partial charge in [0.05, 0.1) is 25.9 Å². The molecule has 31 heavy (non-hydrogen) atoms. The monoisotopic (exact) mass is 426 g/mol. The number of carbonyl (C=O) groups excluding carboxylic acids is 2. The Morgan fingerprint density at radius 3 is 2.39 bits per heavy atom. The highest BCUT2D eigenvalue weighted by Crippen LogP contribution is 2.10. The Labute approximate surface area is 183 Å². The number of ether oxygens (including phenoxy) is 3.